The van der Waals surface area contributed by atoms with Gasteiger partial charge in [-0.1, -0.05) is 0 Å². The lowest BCUT2D eigenvalue weighted by molar-refractivity contribution is -0.132. The molecule has 1 saturated heterocycles. The molecule has 6 nitrogen and oxygen atoms in total. The minimum Gasteiger partial charge on any atom is -0.334 e. The lowest BCUT2D eigenvalue weighted by Crippen LogP contribution is -2.31. The molecule has 1 amide bonds. The smallest absolute Gasteiger partial charge is 0.225 e. The summed E-state index contributed by atoms with van der Waals surface area (Å²) in [6, 6.07) is 2.02. The van der Waals surface area contributed by atoms with Crippen molar-refractivity contribution in [1.29, 1.82) is 0 Å². The number of aromatic nitrogens is 4. The van der Waals surface area contributed by atoms with E-state index in [0.717, 1.165) is 30.8 Å². The minimum atomic E-state index is 0.0746. The van der Waals surface area contributed by atoms with Crippen molar-refractivity contribution in [1.82, 2.24) is 24.6 Å². The molecule has 110 valence electrons. The fraction of sp³-hybridized carbons (Fsp3) is 0.467. The molecule has 0 spiro atoms. The number of amides is 1. The summed E-state index contributed by atoms with van der Waals surface area (Å²) in [5.74, 6) is 0.163. The molecule has 0 N–H and O–H groups in total. The van der Waals surface area contributed by atoms with Gasteiger partial charge in [-0.05, 0) is 25.8 Å². The van der Waals surface area contributed by atoms with Crippen LogP contribution in [0.2, 0.25) is 0 Å². The number of carbonyl (C=O) groups excluding carboxylic acids is 1. The standard InChI is InChI=1S/C15H19N5O/c1-12-4-9-19(18-12)10-5-15(21)20-8-2-3-14(20)13-11-16-6-7-17-13/h4,6-7,9,11,14H,2-3,5,8,10H2,1H3/t14-/m0/s1. The van der Waals surface area contributed by atoms with E-state index < -0.39 is 0 Å². The van der Waals surface area contributed by atoms with Crippen molar-refractivity contribution in [3.8, 4) is 0 Å². The van der Waals surface area contributed by atoms with Gasteiger partial charge >= 0.3 is 0 Å². The zero-order valence-electron chi connectivity index (χ0n) is 12.1. The normalized spacial score (nSPS) is 18.1. The number of hydrogen-bond acceptors (Lipinski definition) is 4. The van der Waals surface area contributed by atoms with E-state index >= 15 is 0 Å². The van der Waals surface area contributed by atoms with Crippen molar-refractivity contribution in [2.75, 3.05) is 6.54 Å². The molecule has 3 rings (SSSR count). The average Bonchev–Trinajstić information content (AvgIpc) is 3.14. The first-order valence-corrected chi connectivity index (χ1v) is 7.29. The molecule has 0 unspecified atom stereocenters. The third kappa shape index (κ3) is 3.09. The highest BCUT2D eigenvalue weighted by molar-refractivity contribution is 5.76. The highest BCUT2D eigenvalue weighted by atomic mass is 16.2. The van der Waals surface area contributed by atoms with Gasteiger partial charge in [-0.3, -0.25) is 19.4 Å². The van der Waals surface area contributed by atoms with Gasteiger partial charge in [0, 0.05) is 38.1 Å². The molecule has 6 heteroatoms. The van der Waals surface area contributed by atoms with Gasteiger partial charge in [-0.2, -0.15) is 5.10 Å². The largest absolute Gasteiger partial charge is 0.334 e. The van der Waals surface area contributed by atoms with Crippen LogP contribution in [0.3, 0.4) is 0 Å². The minimum absolute atomic E-state index is 0.0746. The van der Waals surface area contributed by atoms with E-state index in [1.165, 1.54) is 0 Å². The Morgan fingerprint density at radius 2 is 2.33 bits per heavy atom. The van der Waals surface area contributed by atoms with Gasteiger partial charge in [0.05, 0.1) is 23.6 Å². The van der Waals surface area contributed by atoms with Crippen molar-refractivity contribution in [2.24, 2.45) is 0 Å². The molecule has 1 fully saturated rings. The van der Waals surface area contributed by atoms with Crippen LogP contribution < -0.4 is 0 Å². The molecule has 0 bridgehead atoms. The zero-order chi connectivity index (χ0) is 14.7. The van der Waals surface area contributed by atoms with Crippen molar-refractivity contribution >= 4 is 5.91 Å². The summed E-state index contributed by atoms with van der Waals surface area (Å²) >= 11 is 0. The number of rotatable bonds is 4. The fourth-order valence-corrected chi connectivity index (χ4v) is 2.80. The third-order valence-corrected chi connectivity index (χ3v) is 3.83. The van der Waals surface area contributed by atoms with Gasteiger partial charge in [0.2, 0.25) is 5.91 Å². The summed E-state index contributed by atoms with van der Waals surface area (Å²) < 4.78 is 1.82. The molecule has 0 aliphatic carbocycles. The van der Waals surface area contributed by atoms with Crippen LogP contribution in [0.5, 0.6) is 0 Å². The van der Waals surface area contributed by atoms with Crippen molar-refractivity contribution in [2.45, 2.75) is 38.8 Å². The van der Waals surface area contributed by atoms with Crippen LogP contribution in [0.15, 0.2) is 30.9 Å². The lowest BCUT2D eigenvalue weighted by Gasteiger charge is -2.24. The number of nitrogens with zero attached hydrogens (tertiary/aromatic N) is 5. The van der Waals surface area contributed by atoms with Gasteiger partial charge in [0.15, 0.2) is 0 Å². The highest BCUT2D eigenvalue weighted by Gasteiger charge is 2.30. The van der Waals surface area contributed by atoms with Crippen LogP contribution in [0.4, 0.5) is 0 Å². The molecule has 21 heavy (non-hydrogen) atoms. The Bertz CT molecular complexity index is 610. The molecule has 2 aromatic heterocycles. The van der Waals surface area contributed by atoms with Crippen molar-refractivity contribution in [3.05, 3.63) is 42.2 Å². The maximum absolute atomic E-state index is 12.4. The number of aryl methyl sites for hydroxylation is 2. The van der Waals surface area contributed by atoms with Gasteiger partial charge in [0.25, 0.3) is 0 Å². The predicted molar refractivity (Wildman–Crippen MR) is 77.3 cm³/mol. The first-order chi connectivity index (χ1) is 10.2. The van der Waals surface area contributed by atoms with E-state index in [1.54, 1.807) is 18.6 Å². The first-order valence-electron chi connectivity index (χ1n) is 7.29. The van der Waals surface area contributed by atoms with E-state index in [0.29, 0.717) is 13.0 Å². The number of hydrogen-bond donors (Lipinski definition) is 0. The van der Waals surface area contributed by atoms with E-state index in [1.807, 2.05) is 28.8 Å². The zero-order valence-corrected chi connectivity index (χ0v) is 12.1. The topological polar surface area (TPSA) is 63.9 Å². The second-order valence-corrected chi connectivity index (χ2v) is 5.35. The molecule has 3 heterocycles. The Morgan fingerprint density at radius 3 is 3.05 bits per heavy atom. The molecular formula is C15H19N5O. The van der Waals surface area contributed by atoms with E-state index in [4.69, 9.17) is 0 Å². The highest BCUT2D eigenvalue weighted by Crippen LogP contribution is 2.30. The molecule has 0 radical (unpaired) electrons. The second kappa shape index (κ2) is 6.03. The summed E-state index contributed by atoms with van der Waals surface area (Å²) in [5.41, 5.74) is 1.86. The van der Waals surface area contributed by atoms with Crippen LogP contribution >= 0.6 is 0 Å². The van der Waals surface area contributed by atoms with Crippen LogP contribution in [0, 0.1) is 6.92 Å². The Kier molecular flexibility index (Phi) is 3.94. The molecule has 1 aliphatic heterocycles. The van der Waals surface area contributed by atoms with Crippen LogP contribution in [-0.4, -0.2) is 37.1 Å². The third-order valence-electron chi connectivity index (χ3n) is 3.83. The van der Waals surface area contributed by atoms with Crippen LogP contribution in [0.25, 0.3) is 0 Å². The number of likely N-dealkylation sites (tertiary alicyclic amines) is 1. The van der Waals surface area contributed by atoms with Crippen molar-refractivity contribution in [3.63, 3.8) is 0 Å². The lowest BCUT2D eigenvalue weighted by atomic mass is 10.1. The summed E-state index contributed by atoms with van der Waals surface area (Å²) in [7, 11) is 0. The molecule has 1 atom stereocenters. The first kappa shape index (κ1) is 13.7. The Balaban J connectivity index is 1.63. The second-order valence-electron chi connectivity index (χ2n) is 5.35. The monoisotopic (exact) mass is 285 g/mol. The average molecular weight is 285 g/mol. The van der Waals surface area contributed by atoms with Gasteiger partial charge in [-0.25, -0.2) is 0 Å². The van der Waals surface area contributed by atoms with Gasteiger partial charge < -0.3 is 4.90 Å². The molecule has 2 aromatic rings. The van der Waals surface area contributed by atoms with Crippen LogP contribution in [0.1, 0.15) is 36.7 Å². The van der Waals surface area contributed by atoms with Gasteiger partial charge in [-0.15, -0.1) is 0 Å². The summed E-state index contributed by atoms with van der Waals surface area (Å²) in [6.07, 6.45) is 9.46. The van der Waals surface area contributed by atoms with E-state index in [9.17, 15) is 4.79 Å². The van der Waals surface area contributed by atoms with E-state index in [2.05, 4.69) is 15.1 Å². The van der Waals surface area contributed by atoms with Crippen LogP contribution in [-0.2, 0) is 11.3 Å². The summed E-state index contributed by atoms with van der Waals surface area (Å²) in [4.78, 5) is 22.8. The molecule has 1 aliphatic rings. The summed E-state index contributed by atoms with van der Waals surface area (Å²) in [6.45, 7) is 3.37. The number of carbonyl (C=O) groups is 1. The SMILES string of the molecule is Cc1ccn(CCC(=O)N2CCC[C@H]2c2cnccn2)n1. The Hall–Kier alpha value is -2.24. The van der Waals surface area contributed by atoms with E-state index in [-0.39, 0.29) is 11.9 Å². The Labute approximate surface area is 123 Å². The molecule has 0 aromatic carbocycles. The Morgan fingerprint density at radius 1 is 1.43 bits per heavy atom. The van der Waals surface area contributed by atoms with Crippen molar-refractivity contribution < 1.29 is 4.79 Å². The molecular weight excluding hydrogens is 266 g/mol. The summed E-state index contributed by atoms with van der Waals surface area (Å²) in [5, 5.41) is 4.31. The predicted octanol–water partition coefficient (Wildman–Crippen LogP) is 1.74. The maximum Gasteiger partial charge on any atom is 0.225 e. The van der Waals surface area contributed by atoms with Gasteiger partial charge in [0.1, 0.15) is 0 Å². The molecule has 0 saturated carbocycles. The quantitative estimate of drug-likeness (QED) is 0.858. The maximum atomic E-state index is 12.4. The fourth-order valence-electron chi connectivity index (χ4n) is 2.80.